The Morgan fingerprint density at radius 3 is 2.47 bits per heavy atom. The van der Waals surface area contributed by atoms with Crippen LogP contribution in [0.5, 0.6) is 5.75 Å². The lowest BCUT2D eigenvalue weighted by Crippen LogP contribution is -2.31. The molecule has 5 rings (SSSR count). The van der Waals surface area contributed by atoms with E-state index in [1.807, 2.05) is 24.4 Å². The number of likely N-dealkylation sites (tertiary alicyclic amines) is 1. The minimum Gasteiger partial charge on any atom is -0.507 e. The van der Waals surface area contributed by atoms with E-state index in [1.165, 1.54) is 29.2 Å². The van der Waals surface area contributed by atoms with Crippen molar-refractivity contribution in [3.8, 4) is 5.75 Å². The summed E-state index contributed by atoms with van der Waals surface area (Å²) < 4.78 is 6.13. The maximum Gasteiger partial charge on any atom is 0.295 e. The van der Waals surface area contributed by atoms with Gasteiger partial charge in [0.2, 0.25) is 0 Å². The number of fused-ring (bicyclic) bond motifs is 1. The van der Waals surface area contributed by atoms with E-state index in [0.717, 1.165) is 20.9 Å². The van der Waals surface area contributed by atoms with Crippen LogP contribution in [0.25, 0.3) is 16.7 Å². The smallest absolute Gasteiger partial charge is 0.295 e. The number of aromatic nitrogens is 1. The fourth-order valence-electron chi connectivity index (χ4n) is 4.73. The molecular weight excluding hydrogens is 554 g/mol. The van der Waals surface area contributed by atoms with Crippen molar-refractivity contribution in [2.45, 2.75) is 12.5 Å². The van der Waals surface area contributed by atoms with E-state index >= 15 is 0 Å². The molecule has 0 radical (unpaired) electrons. The molecule has 1 unspecified atom stereocenters. The number of hydrogen-bond acceptors (Lipinski definition) is 6. The first-order valence-corrected chi connectivity index (χ1v) is 12.5. The molecule has 1 atom stereocenters. The third-order valence-corrected chi connectivity index (χ3v) is 7.20. The van der Waals surface area contributed by atoms with E-state index in [2.05, 4.69) is 20.9 Å². The van der Waals surface area contributed by atoms with Gasteiger partial charge in [0, 0.05) is 45.8 Å². The van der Waals surface area contributed by atoms with Gasteiger partial charge in [0.15, 0.2) is 0 Å². The second-order valence-electron chi connectivity index (χ2n) is 8.82. The molecule has 1 aliphatic heterocycles. The van der Waals surface area contributed by atoms with Gasteiger partial charge in [-0.2, -0.15) is 0 Å². The van der Waals surface area contributed by atoms with Gasteiger partial charge in [-0.05, 0) is 60.0 Å². The number of hydrogen-bond donors (Lipinski definition) is 2. The van der Waals surface area contributed by atoms with Gasteiger partial charge < -0.3 is 19.7 Å². The molecule has 1 amide bonds. The number of ketones is 1. The first-order chi connectivity index (χ1) is 18.3. The van der Waals surface area contributed by atoms with Crippen molar-refractivity contribution in [3.63, 3.8) is 0 Å². The molecule has 192 valence electrons. The van der Waals surface area contributed by atoms with Gasteiger partial charge in [0.1, 0.15) is 11.5 Å². The number of benzene rings is 3. The summed E-state index contributed by atoms with van der Waals surface area (Å²) >= 11 is 3.35. The van der Waals surface area contributed by atoms with Gasteiger partial charge in [-0.25, -0.2) is 0 Å². The van der Waals surface area contributed by atoms with Crippen LogP contribution in [-0.4, -0.2) is 45.3 Å². The average Bonchev–Trinajstić information content (AvgIpc) is 3.44. The lowest BCUT2D eigenvalue weighted by molar-refractivity contribution is -0.384. The maximum absolute atomic E-state index is 13.3. The van der Waals surface area contributed by atoms with Crippen molar-refractivity contribution in [1.29, 1.82) is 0 Å². The lowest BCUT2D eigenvalue weighted by Gasteiger charge is -2.25. The van der Waals surface area contributed by atoms with E-state index in [0.29, 0.717) is 23.3 Å². The zero-order valence-electron chi connectivity index (χ0n) is 20.2. The molecule has 0 saturated carbocycles. The van der Waals surface area contributed by atoms with Crippen molar-refractivity contribution >= 4 is 50.0 Å². The van der Waals surface area contributed by atoms with Crippen LogP contribution in [-0.2, 0) is 16.0 Å². The van der Waals surface area contributed by atoms with Crippen molar-refractivity contribution in [2.75, 3.05) is 13.7 Å². The number of amides is 1. The minimum atomic E-state index is -0.917. The Bertz CT molecular complexity index is 1590. The number of nitro groups is 1. The molecule has 0 aliphatic carbocycles. The molecule has 38 heavy (non-hydrogen) atoms. The molecule has 2 N–H and O–H groups in total. The molecule has 2 heterocycles. The normalized spacial score (nSPS) is 16.8. The number of aliphatic hydroxyl groups is 1. The zero-order valence-corrected chi connectivity index (χ0v) is 21.8. The number of Topliss-reactive ketones (excluding diaryl/α,β-unsaturated/α-hetero) is 1. The zero-order chi connectivity index (χ0) is 27.0. The predicted molar refractivity (Wildman–Crippen MR) is 145 cm³/mol. The highest BCUT2D eigenvalue weighted by Crippen LogP contribution is 2.40. The van der Waals surface area contributed by atoms with Gasteiger partial charge >= 0.3 is 0 Å². The summed E-state index contributed by atoms with van der Waals surface area (Å²) in [5.74, 6) is -1.17. The maximum atomic E-state index is 13.3. The number of nitro benzene ring substituents is 1. The first-order valence-electron chi connectivity index (χ1n) is 11.7. The summed E-state index contributed by atoms with van der Waals surface area (Å²) in [5, 5.41) is 23.3. The summed E-state index contributed by atoms with van der Waals surface area (Å²) in [5.41, 5.74) is 2.51. The molecule has 10 heteroatoms. The van der Waals surface area contributed by atoms with Crippen LogP contribution in [0.3, 0.4) is 0 Å². The van der Waals surface area contributed by atoms with Crippen molar-refractivity contribution in [1.82, 2.24) is 9.88 Å². The minimum absolute atomic E-state index is 0.0632. The summed E-state index contributed by atoms with van der Waals surface area (Å²) in [6.07, 6.45) is 2.27. The number of ether oxygens (including phenoxy) is 1. The Hall–Kier alpha value is -4.44. The van der Waals surface area contributed by atoms with Crippen molar-refractivity contribution in [3.05, 3.63) is 110 Å². The number of halogens is 1. The monoisotopic (exact) mass is 575 g/mol. The Kier molecular flexibility index (Phi) is 6.73. The molecule has 0 bridgehead atoms. The Labute approximate surface area is 225 Å². The van der Waals surface area contributed by atoms with Crippen molar-refractivity contribution in [2.24, 2.45) is 0 Å². The number of rotatable bonds is 7. The number of non-ortho nitro benzene ring substituents is 1. The highest BCUT2D eigenvalue weighted by Gasteiger charge is 2.46. The van der Waals surface area contributed by atoms with Crippen LogP contribution in [0.2, 0.25) is 0 Å². The Morgan fingerprint density at radius 2 is 1.82 bits per heavy atom. The van der Waals surface area contributed by atoms with E-state index in [1.54, 1.807) is 31.4 Å². The molecule has 0 spiro atoms. The van der Waals surface area contributed by atoms with Crippen LogP contribution < -0.4 is 4.74 Å². The molecule has 4 aromatic rings. The number of methoxy groups -OCH3 is 1. The van der Waals surface area contributed by atoms with Crippen molar-refractivity contribution < 1.29 is 24.4 Å². The molecule has 1 aliphatic rings. The Morgan fingerprint density at radius 1 is 1.11 bits per heavy atom. The highest BCUT2D eigenvalue weighted by atomic mass is 79.9. The molecule has 1 saturated heterocycles. The van der Waals surface area contributed by atoms with Crippen LogP contribution >= 0.6 is 15.9 Å². The van der Waals surface area contributed by atoms with Gasteiger partial charge in [0.25, 0.3) is 17.4 Å². The largest absolute Gasteiger partial charge is 0.507 e. The second kappa shape index (κ2) is 10.1. The summed E-state index contributed by atoms with van der Waals surface area (Å²) in [6, 6.07) is 17.1. The molecule has 9 nitrogen and oxygen atoms in total. The summed E-state index contributed by atoms with van der Waals surface area (Å²) in [4.78, 5) is 41.8. The third-order valence-electron chi connectivity index (χ3n) is 6.67. The number of aromatic amines is 1. The SMILES string of the molecule is COc1ccc2[nH]cc(CCN3C(=O)C(=O)/C(=C(\O)c4ccc(Br)cc4)C3c3ccc([N+](=O)[O-])cc3)c2c1. The van der Waals surface area contributed by atoms with Gasteiger partial charge in [0.05, 0.1) is 23.6 Å². The van der Waals surface area contributed by atoms with Gasteiger partial charge in [-0.15, -0.1) is 0 Å². The molecule has 1 aromatic heterocycles. The Balaban J connectivity index is 1.56. The summed E-state index contributed by atoms with van der Waals surface area (Å²) in [7, 11) is 1.59. The van der Waals surface area contributed by atoms with Gasteiger partial charge in [-0.1, -0.05) is 28.1 Å². The fourth-order valence-corrected chi connectivity index (χ4v) is 5.00. The number of aliphatic hydroxyl groups excluding tert-OH is 1. The predicted octanol–water partition coefficient (Wildman–Crippen LogP) is 5.51. The number of carbonyl (C=O) groups excluding carboxylic acids is 2. The third kappa shape index (κ3) is 4.54. The number of nitrogens with zero attached hydrogens (tertiary/aromatic N) is 2. The number of H-pyrrole nitrogens is 1. The lowest BCUT2D eigenvalue weighted by atomic mass is 9.95. The summed E-state index contributed by atoms with van der Waals surface area (Å²) in [6.45, 7) is 0.174. The molecular formula is C28H22BrN3O6. The van der Waals surface area contributed by atoms with E-state index in [9.17, 15) is 24.8 Å². The van der Waals surface area contributed by atoms with Gasteiger partial charge in [-0.3, -0.25) is 19.7 Å². The topological polar surface area (TPSA) is 126 Å². The molecule has 1 fully saturated rings. The number of nitrogens with one attached hydrogen (secondary N) is 1. The average molecular weight is 576 g/mol. The molecule has 3 aromatic carbocycles. The highest BCUT2D eigenvalue weighted by molar-refractivity contribution is 9.10. The van der Waals surface area contributed by atoms with E-state index < -0.39 is 22.7 Å². The fraction of sp³-hybridized carbons (Fsp3) is 0.143. The van der Waals surface area contributed by atoms with E-state index in [-0.39, 0.29) is 23.6 Å². The van der Waals surface area contributed by atoms with E-state index in [4.69, 9.17) is 4.74 Å². The number of carbonyl (C=O) groups is 2. The standard InChI is InChI=1S/C28H22BrN3O6/c1-38-21-10-11-23-22(14-21)18(15-30-23)12-13-31-25(16-4-8-20(9-5-16)32(36)37)24(27(34)28(31)35)26(33)17-2-6-19(29)7-3-17/h2-11,14-15,25,30,33H,12-13H2,1H3/b26-24-. The van der Waals surface area contributed by atoms with Crippen LogP contribution in [0.15, 0.2) is 83.0 Å². The first kappa shape index (κ1) is 25.2. The van der Waals surface area contributed by atoms with Crippen LogP contribution in [0.4, 0.5) is 5.69 Å². The second-order valence-corrected chi connectivity index (χ2v) is 9.74. The van der Waals surface area contributed by atoms with Crippen LogP contribution in [0, 0.1) is 10.1 Å². The van der Waals surface area contributed by atoms with Crippen LogP contribution in [0.1, 0.15) is 22.7 Å². The quantitative estimate of drug-likeness (QED) is 0.0983.